The lowest BCUT2D eigenvalue weighted by molar-refractivity contribution is 0.0950. The number of nitrogens with one attached hydrogen (secondary N) is 1. The van der Waals surface area contributed by atoms with Crippen LogP contribution in [0.4, 0.5) is 8.78 Å². The Kier molecular flexibility index (Phi) is 6.03. The Labute approximate surface area is 185 Å². The third kappa shape index (κ3) is 4.25. The molecule has 32 heavy (non-hydrogen) atoms. The van der Waals surface area contributed by atoms with Gasteiger partial charge in [-0.2, -0.15) is 0 Å². The minimum atomic E-state index is -0.395. The number of methoxy groups -OCH3 is 1. The maximum atomic E-state index is 14.7. The van der Waals surface area contributed by atoms with Crippen molar-refractivity contribution in [3.63, 3.8) is 0 Å². The van der Waals surface area contributed by atoms with Gasteiger partial charge in [0.1, 0.15) is 17.4 Å². The lowest BCUT2D eigenvalue weighted by atomic mass is 10.1. The first-order chi connectivity index (χ1) is 15.5. The van der Waals surface area contributed by atoms with Crippen LogP contribution in [0.15, 0.2) is 78.9 Å². The van der Waals surface area contributed by atoms with Crippen LogP contribution in [-0.4, -0.2) is 17.6 Å². The number of para-hydroxylation sites is 1. The van der Waals surface area contributed by atoms with Gasteiger partial charge >= 0.3 is 0 Å². The molecule has 4 aromatic rings. The molecule has 0 saturated carbocycles. The van der Waals surface area contributed by atoms with Crippen LogP contribution in [0.25, 0.3) is 16.9 Å². The fraction of sp³-hybridized carbons (Fsp3) is 0.115. The average Bonchev–Trinajstić information content (AvgIpc) is 3.16. The smallest absolute Gasteiger partial charge is 0.253 e. The van der Waals surface area contributed by atoms with Crippen molar-refractivity contribution in [3.8, 4) is 22.7 Å². The van der Waals surface area contributed by atoms with E-state index >= 15 is 0 Å². The molecule has 0 spiro atoms. The van der Waals surface area contributed by atoms with Gasteiger partial charge < -0.3 is 14.6 Å². The fourth-order valence-electron chi connectivity index (χ4n) is 3.65. The quantitative estimate of drug-likeness (QED) is 0.427. The van der Waals surface area contributed by atoms with Crippen LogP contribution in [0.1, 0.15) is 21.6 Å². The van der Waals surface area contributed by atoms with Crippen molar-refractivity contribution in [1.82, 2.24) is 9.88 Å². The molecule has 1 heterocycles. The zero-order valence-corrected chi connectivity index (χ0v) is 17.7. The zero-order valence-electron chi connectivity index (χ0n) is 17.7. The molecule has 6 heteroatoms. The highest BCUT2D eigenvalue weighted by molar-refractivity contribution is 5.97. The van der Waals surface area contributed by atoms with Gasteiger partial charge in [0.2, 0.25) is 0 Å². The molecule has 1 aromatic heterocycles. The molecule has 0 atom stereocenters. The number of hydrogen-bond acceptors (Lipinski definition) is 2. The van der Waals surface area contributed by atoms with E-state index in [1.807, 2.05) is 24.3 Å². The molecule has 3 aromatic carbocycles. The third-order valence-corrected chi connectivity index (χ3v) is 5.32. The molecule has 0 bridgehead atoms. The number of amides is 1. The summed E-state index contributed by atoms with van der Waals surface area (Å²) < 4.78 is 34.9. The summed E-state index contributed by atoms with van der Waals surface area (Å²) in [5, 5.41) is 2.86. The zero-order chi connectivity index (χ0) is 22.7. The minimum absolute atomic E-state index is 0.248. The Balaban J connectivity index is 1.76. The van der Waals surface area contributed by atoms with E-state index in [1.54, 1.807) is 55.0 Å². The Bertz CT molecular complexity index is 1260. The highest BCUT2D eigenvalue weighted by Crippen LogP contribution is 2.32. The Morgan fingerprint density at radius 1 is 0.969 bits per heavy atom. The van der Waals surface area contributed by atoms with E-state index in [9.17, 15) is 13.6 Å². The van der Waals surface area contributed by atoms with Gasteiger partial charge in [-0.3, -0.25) is 4.79 Å². The summed E-state index contributed by atoms with van der Waals surface area (Å²) >= 11 is 0. The molecule has 4 rings (SSSR count). The lowest BCUT2D eigenvalue weighted by Crippen LogP contribution is -2.23. The second-order valence-electron chi connectivity index (χ2n) is 7.36. The molecule has 0 aliphatic rings. The molecule has 0 saturated heterocycles. The normalized spacial score (nSPS) is 10.8. The summed E-state index contributed by atoms with van der Waals surface area (Å²) in [6.07, 6.45) is 0. The van der Waals surface area contributed by atoms with E-state index in [-0.39, 0.29) is 18.3 Å². The fourth-order valence-corrected chi connectivity index (χ4v) is 3.65. The summed E-state index contributed by atoms with van der Waals surface area (Å²) in [4.78, 5) is 13.0. The van der Waals surface area contributed by atoms with Crippen molar-refractivity contribution >= 4 is 5.91 Å². The number of halogens is 2. The van der Waals surface area contributed by atoms with Crippen LogP contribution >= 0.6 is 0 Å². The minimum Gasteiger partial charge on any atom is -0.497 e. The monoisotopic (exact) mass is 432 g/mol. The molecular formula is C26H22F2N2O2. The van der Waals surface area contributed by atoms with Crippen LogP contribution in [0.3, 0.4) is 0 Å². The predicted octanol–water partition coefficient (Wildman–Crippen LogP) is 5.67. The number of ether oxygens (including phenoxy) is 1. The van der Waals surface area contributed by atoms with Crippen LogP contribution in [0.2, 0.25) is 0 Å². The first kappa shape index (κ1) is 21.3. The summed E-state index contributed by atoms with van der Waals surface area (Å²) in [6, 6.07) is 21.5. The van der Waals surface area contributed by atoms with Crippen molar-refractivity contribution in [2.24, 2.45) is 0 Å². The van der Waals surface area contributed by atoms with E-state index in [0.717, 1.165) is 11.1 Å². The number of rotatable bonds is 6. The first-order valence-corrected chi connectivity index (χ1v) is 10.1. The maximum absolute atomic E-state index is 14.7. The van der Waals surface area contributed by atoms with Crippen LogP contribution in [0.5, 0.6) is 5.75 Å². The molecule has 0 fully saturated rings. The molecule has 0 aliphatic carbocycles. The van der Waals surface area contributed by atoms with Crippen LogP contribution in [-0.2, 0) is 6.54 Å². The van der Waals surface area contributed by atoms with Gasteiger partial charge in [-0.25, -0.2) is 8.78 Å². The number of carbonyl (C=O) groups excluding carboxylic acids is 1. The molecule has 0 unspecified atom stereocenters. The molecule has 1 N–H and O–H groups in total. The third-order valence-electron chi connectivity index (χ3n) is 5.32. The Morgan fingerprint density at radius 2 is 1.72 bits per heavy atom. The number of carbonyl (C=O) groups is 1. The van der Waals surface area contributed by atoms with Crippen molar-refractivity contribution in [2.75, 3.05) is 7.11 Å². The summed E-state index contributed by atoms with van der Waals surface area (Å²) in [5.41, 5.74) is 3.60. The van der Waals surface area contributed by atoms with Gasteiger partial charge in [0, 0.05) is 17.8 Å². The summed E-state index contributed by atoms with van der Waals surface area (Å²) in [7, 11) is 1.58. The molecule has 0 aliphatic heterocycles. The average molecular weight is 432 g/mol. The molecular weight excluding hydrogens is 410 g/mol. The number of benzene rings is 3. The first-order valence-electron chi connectivity index (χ1n) is 10.1. The van der Waals surface area contributed by atoms with Crippen molar-refractivity contribution in [1.29, 1.82) is 0 Å². The standard InChI is InChI=1S/C26H22F2N2O2/c1-17-22(26(31)29-16-18-10-12-20(27)13-11-18)15-25(19-6-5-7-21(14-19)32-2)30(17)24-9-4-3-8-23(24)28/h3-15H,16H2,1-2H3,(H,29,31). The van der Waals surface area contributed by atoms with E-state index in [0.29, 0.717) is 28.4 Å². The van der Waals surface area contributed by atoms with E-state index in [1.165, 1.54) is 18.2 Å². The largest absolute Gasteiger partial charge is 0.497 e. The van der Waals surface area contributed by atoms with E-state index in [2.05, 4.69) is 5.32 Å². The molecule has 1 amide bonds. The number of hydrogen-bond donors (Lipinski definition) is 1. The van der Waals surface area contributed by atoms with Gasteiger partial charge in [0.15, 0.2) is 0 Å². The van der Waals surface area contributed by atoms with Gasteiger partial charge in [-0.15, -0.1) is 0 Å². The molecule has 162 valence electrons. The van der Waals surface area contributed by atoms with Crippen molar-refractivity contribution in [3.05, 3.63) is 107 Å². The molecule has 4 nitrogen and oxygen atoms in total. The van der Waals surface area contributed by atoms with Gasteiger partial charge in [0.25, 0.3) is 5.91 Å². The van der Waals surface area contributed by atoms with Crippen molar-refractivity contribution in [2.45, 2.75) is 13.5 Å². The molecule has 0 radical (unpaired) electrons. The van der Waals surface area contributed by atoms with Gasteiger partial charge in [-0.05, 0) is 55.0 Å². The highest BCUT2D eigenvalue weighted by atomic mass is 19.1. The second kappa shape index (κ2) is 9.06. The predicted molar refractivity (Wildman–Crippen MR) is 120 cm³/mol. The summed E-state index contributed by atoms with van der Waals surface area (Å²) in [6.45, 7) is 2.03. The highest BCUT2D eigenvalue weighted by Gasteiger charge is 2.21. The Morgan fingerprint density at radius 3 is 2.44 bits per heavy atom. The van der Waals surface area contributed by atoms with E-state index < -0.39 is 5.82 Å². The van der Waals surface area contributed by atoms with Gasteiger partial charge in [-0.1, -0.05) is 36.4 Å². The van der Waals surface area contributed by atoms with Crippen molar-refractivity contribution < 1.29 is 18.3 Å². The maximum Gasteiger partial charge on any atom is 0.253 e. The Hall–Kier alpha value is -3.93. The van der Waals surface area contributed by atoms with Crippen LogP contribution in [0, 0.1) is 18.6 Å². The number of aromatic nitrogens is 1. The second-order valence-corrected chi connectivity index (χ2v) is 7.36. The summed E-state index contributed by atoms with van der Waals surface area (Å²) in [5.74, 6) is -0.371. The van der Waals surface area contributed by atoms with Crippen LogP contribution < -0.4 is 10.1 Å². The lowest BCUT2D eigenvalue weighted by Gasteiger charge is -2.14. The number of nitrogens with zero attached hydrogens (tertiary/aromatic N) is 1. The topological polar surface area (TPSA) is 43.3 Å². The SMILES string of the molecule is COc1cccc(-c2cc(C(=O)NCc3ccc(F)cc3)c(C)n2-c2ccccc2F)c1. The van der Waals surface area contributed by atoms with Gasteiger partial charge in [0.05, 0.1) is 24.1 Å². The van der Waals surface area contributed by atoms with E-state index in [4.69, 9.17) is 4.74 Å².